The van der Waals surface area contributed by atoms with E-state index < -0.39 is 0 Å². The standard InChI is InChI=1S/C14H15N5O/c1-19-8-10(7-16-19)13-12(14(15)18-17-13)9-4-3-5-11(6-9)20-2/h3-8H,1-2H3,(H3,15,17,18). The Balaban J connectivity index is 2.15. The van der Waals surface area contributed by atoms with E-state index in [1.807, 2.05) is 37.5 Å². The van der Waals surface area contributed by atoms with Crippen LogP contribution >= 0.6 is 0 Å². The molecule has 0 unspecified atom stereocenters. The molecule has 102 valence electrons. The number of hydrogen-bond acceptors (Lipinski definition) is 4. The molecule has 1 aromatic carbocycles. The van der Waals surface area contributed by atoms with Crippen molar-refractivity contribution >= 4 is 5.82 Å². The predicted molar refractivity (Wildman–Crippen MR) is 77.2 cm³/mol. The lowest BCUT2D eigenvalue weighted by molar-refractivity contribution is 0.415. The molecule has 2 heterocycles. The number of aryl methyl sites for hydroxylation is 1. The van der Waals surface area contributed by atoms with Crippen LogP contribution in [0.5, 0.6) is 5.75 Å². The summed E-state index contributed by atoms with van der Waals surface area (Å²) in [5.74, 6) is 1.23. The first-order valence-electron chi connectivity index (χ1n) is 6.16. The van der Waals surface area contributed by atoms with Crippen LogP contribution in [0.25, 0.3) is 22.4 Å². The smallest absolute Gasteiger partial charge is 0.153 e. The maximum absolute atomic E-state index is 6.00. The molecule has 0 aliphatic carbocycles. The number of benzene rings is 1. The molecule has 0 fully saturated rings. The highest BCUT2D eigenvalue weighted by Crippen LogP contribution is 2.35. The van der Waals surface area contributed by atoms with Crippen LogP contribution in [0, 0.1) is 0 Å². The molecular formula is C14H15N5O. The molecule has 0 amide bonds. The van der Waals surface area contributed by atoms with Gasteiger partial charge in [0.25, 0.3) is 0 Å². The number of ether oxygens (including phenoxy) is 1. The number of hydrogen-bond donors (Lipinski definition) is 2. The number of nitrogens with zero attached hydrogens (tertiary/aromatic N) is 3. The number of H-pyrrole nitrogens is 1. The molecule has 3 rings (SSSR count). The van der Waals surface area contributed by atoms with Gasteiger partial charge in [-0.25, -0.2) is 0 Å². The molecule has 3 aromatic rings. The highest BCUT2D eigenvalue weighted by Gasteiger charge is 2.16. The van der Waals surface area contributed by atoms with E-state index in [1.54, 1.807) is 18.0 Å². The van der Waals surface area contributed by atoms with Gasteiger partial charge in [-0.3, -0.25) is 9.78 Å². The fraction of sp³-hybridized carbons (Fsp3) is 0.143. The van der Waals surface area contributed by atoms with E-state index in [2.05, 4.69) is 15.3 Å². The molecule has 3 N–H and O–H groups in total. The minimum Gasteiger partial charge on any atom is -0.497 e. The average molecular weight is 269 g/mol. The molecule has 0 aliphatic rings. The maximum Gasteiger partial charge on any atom is 0.153 e. The first-order chi connectivity index (χ1) is 9.69. The van der Waals surface area contributed by atoms with Gasteiger partial charge in [0, 0.05) is 18.8 Å². The number of methoxy groups -OCH3 is 1. The third-order valence-electron chi connectivity index (χ3n) is 3.15. The molecule has 0 saturated heterocycles. The zero-order valence-corrected chi connectivity index (χ0v) is 11.3. The van der Waals surface area contributed by atoms with Crippen LogP contribution in [-0.2, 0) is 7.05 Å². The monoisotopic (exact) mass is 269 g/mol. The molecule has 2 aromatic heterocycles. The molecule has 0 spiro atoms. The number of rotatable bonds is 3. The zero-order valence-electron chi connectivity index (χ0n) is 11.3. The summed E-state index contributed by atoms with van der Waals surface area (Å²) in [6.45, 7) is 0. The lowest BCUT2D eigenvalue weighted by Gasteiger charge is -2.05. The molecule has 0 radical (unpaired) electrons. The van der Waals surface area contributed by atoms with Gasteiger partial charge in [0.2, 0.25) is 0 Å². The summed E-state index contributed by atoms with van der Waals surface area (Å²) < 4.78 is 6.99. The minimum atomic E-state index is 0.456. The van der Waals surface area contributed by atoms with Crippen molar-refractivity contribution in [2.45, 2.75) is 0 Å². The van der Waals surface area contributed by atoms with E-state index in [0.29, 0.717) is 5.82 Å². The van der Waals surface area contributed by atoms with Crippen molar-refractivity contribution in [3.63, 3.8) is 0 Å². The third-order valence-corrected chi connectivity index (χ3v) is 3.15. The minimum absolute atomic E-state index is 0.456. The Morgan fingerprint density at radius 3 is 2.85 bits per heavy atom. The third kappa shape index (κ3) is 2.01. The van der Waals surface area contributed by atoms with Crippen LogP contribution in [0.1, 0.15) is 0 Å². The van der Waals surface area contributed by atoms with Crippen LogP contribution in [-0.4, -0.2) is 27.1 Å². The highest BCUT2D eigenvalue weighted by atomic mass is 16.5. The second kappa shape index (κ2) is 4.73. The lowest BCUT2D eigenvalue weighted by atomic mass is 10.0. The second-order valence-corrected chi connectivity index (χ2v) is 4.49. The van der Waals surface area contributed by atoms with Crippen molar-refractivity contribution in [2.24, 2.45) is 7.05 Å². The van der Waals surface area contributed by atoms with Crippen molar-refractivity contribution in [3.05, 3.63) is 36.7 Å². The Morgan fingerprint density at radius 2 is 2.15 bits per heavy atom. The molecule has 0 atom stereocenters. The summed E-state index contributed by atoms with van der Waals surface area (Å²) in [7, 11) is 3.51. The van der Waals surface area contributed by atoms with Crippen molar-refractivity contribution in [2.75, 3.05) is 12.8 Å². The van der Waals surface area contributed by atoms with Crippen molar-refractivity contribution in [1.29, 1.82) is 0 Å². The normalized spacial score (nSPS) is 10.7. The Hall–Kier alpha value is -2.76. The van der Waals surface area contributed by atoms with Gasteiger partial charge in [-0.15, -0.1) is 0 Å². The molecule has 0 aliphatic heterocycles. The number of nitrogen functional groups attached to an aromatic ring is 1. The van der Waals surface area contributed by atoms with E-state index in [1.165, 1.54) is 0 Å². The average Bonchev–Trinajstić information content (AvgIpc) is 3.05. The molecule has 0 bridgehead atoms. The maximum atomic E-state index is 6.00. The first-order valence-corrected chi connectivity index (χ1v) is 6.16. The Bertz CT molecular complexity index is 744. The summed E-state index contributed by atoms with van der Waals surface area (Å²) >= 11 is 0. The van der Waals surface area contributed by atoms with Gasteiger partial charge in [-0.05, 0) is 17.7 Å². The van der Waals surface area contributed by atoms with Crippen LogP contribution < -0.4 is 10.5 Å². The summed E-state index contributed by atoms with van der Waals surface area (Å²) in [5.41, 5.74) is 9.60. The van der Waals surface area contributed by atoms with Gasteiger partial charge in [0.1, 0.15) is 5.75 Å². The van der Waals surface area contributed by atoms with E-state index in [4.69, 9.17) is 10.5 Å². The van der Waals surface area contributed by atoms with Crippen LogP contribution in [0.4, 0.5) is 5.82 Å². The summed E-state index contributed by atoms with van der Waals surface area (Å²) in [5, 5.41) is 11.3. The number of aromatic nitrogens is 4. The zero-order chi connectivity index (χ0) is 14.1. The predicted octanol–water partition coefficient (Wildman–Crippen LogP) is 2.07. The Labute approximate surface area is 116 Å². The van der Waals surface area contributed by atoms with Crippen LogP contribution in [0.3, 0.4) is 0 Å². The van der Waals surface area contributed by atoms with Gasteiger partial charge >= 0.3 is 0 Å². The topological polar surface area (TPSA) is 81.8 Å². The second-order valence-electron chi connectivity index (χ2n) is 4.49. The molecule has 6 nitrogen and oxygen atoms in total. The fourth-order valence-corrected chi connectivity index (χ4v) is 2.19. The molecule has 6 heteroatoms. The van der Waals surface area contributed by atoms with E-state index in [0.717, 1.165) is 28.1 Å². The molecule has 20 heavy (non-hydrogen) atoms. The number of nitrogens with two attached hydrogens (primary N) is 1. The van der Waals surface area contributed by atoms with Crippen molar-refractivity contribution in [1.82, 2.24) is 20.0 Å². The lowest BCUT2D eigenvalue weighted by Crippen LogP contribution is -1.90. The van der Waals surface area contributed by atoms with Gasteiger partial charge in [-0.2, -0.15) is 10.2 Å². The van der Waals surface area contributed by atoms with E-state index >= 15 is 0 Å². The van der Waals surface area contributed by atoms with Gasteiger partial charge in [-0.1, -0.05) is 12.1 Å². The number of anilines is 1. The van der Waals surface area contributed by atoms with Crippen LogP contribution in [0.15, 0.2) is 36.7 Å². The van der Waals surface area contributed by atoms with E-state index in [9.17, 15) is 0 Å². The largest absolute Gasteiger partial charge is 0.497 e. The van der Waals surface area contributed by atoms with Gasteiger partial charge in [0.05, 0.1) is 24.6 Å². The highest BCUT2D eigenvalue weighted by molar-refractivity contribution is 5.87. The van der Waals surface area contributed by atoms with Crippen molar-refractivity contribution < 1.29 is 4.74 Å². The van der Waals surface area contributed by atoms with Gasteiger partial charge in [0.15, 0.2) is 5.82 Å². The van der Waals surface area contributed by atoms with Crippen LogP contribution in [0.2, 0.25) is 0 Å². The quantitative estimate of drug-likeness (QED) is 0.762. The summed E-state index contributed by atoms with van der Waals surface area (Å²) in [6.07, 6.45) is 3.69. The Kier molecular flexibility index (Phi) is 2.90. The van der Waals surface area contributed by atoms with Crippen molar-refractivity contribution in [3.8, 4) is 28.1 Å². The summed E-state index contributed by atoms with van der Waals surface area (Å²) in [6, 6.07) is 7.72. The molecular weight excluding hydrogens is 254 g/mol. The summed E-state index contributed by atoms with van der Waals surface area (Å²) in [4.78, 5) is 0. The van der Waals surface area contributed by atoms with Gasteiger partial charge < -0.3 is 10.5 Å². The Morgan fingerprint density at radius 1 is 1.30 bits per heavy atom. The fourth-order valence-electron chi connectivity index (χ4n) is 2.19. The SMILES string of the molecule is COc1cccc(-c2c(N)n[nH]c2-c2cnn(C)c2)c1. The number of aromatic amines is 1. The molecule has 0 saturated carbocycles. The first kappa shape index (κ1) is 12.3. The number of nitrogens with one attached hydrogen (secondary N) is 1. The van der Waals surface area contributed by atoms with E-state index in [-0.39, 0.29) is 0 Å².